The summed E-state index contributed by atoms with van der Waals surface area (Å²) in [7, 11) is -1.43. The van der Waals surface area contributed by atoms with Crippen molar-refractivity contribution in [2.24, 2.45) is 0 Å². The molecule has 3 N–H and O–H groups in total. The van der Waals surface area contributed by atoms with Gasteiger partial charge in [0.25, 0.3) is 14.4 Å². The third-order valence-corrected chi connectivity index (χ3v) is 6.20. The van der Waals surface area contributed by atoms with Gasteiger partial charge in [0.2, 0.25) is 0 Å². The molecule has 1 aromatic carbocycles. The van der Waals surface area contributed by atoms with Gasteiger partial charge in [0.1, 0.15) is 6.61 Å². The average molecular weight is 552 g/mol. The third kappa shape index (κ3) is 9.83. The van der Waals surface area contributed by atoms with Gasteiger partial charge in [-0.1, -0.05) is 0 Å². The van der Waals surface area contributed by atoms with Gasteiger partial charge in [-0.15, -0.1) is 0 Å². The first-order valence-electron chi connectivity index (χ1n) is 9.57. The molecule has 2 atom stereocenters. The molecular formula is C19H30IN4O5P. The van der Waals surface area contributed by atoms with E-state index in [9.17, 15) is 4.79 Å². The second kappa shape index (κ2) is 14.9. The van der Waals surface area contributed by atoms with Crippen molar-refractivity contribution in [2.45, 2.75) is 52.2 Å². The lowest BCUT2D eigenvalue weighted by Crippen LogP contribution is -2.42. The van der Waals surface area contributed by atoms with Gasteiger partial charge in [-0.05, 0) is 52.0 Å². The topological polar surface area (TPSA) is 119 Å². The summed E-state index contributed by atoms with van der Waals surface area (Å²) in [5.41, 5.74) is 6.73. The van der Waals surface area contributed by atoms with Crippen LogP contribution in [-0.4, -0.2) is 48.5 Å². The van der Waals surface area contributed by atoms with Crippen LogP contribution < -0.4 is 11.1 Å². The van der Waals surface area contributed by atoms with E-state index in [0.717, 1.165) is 0 Å². The Morgan fingerprint density at radius 2 is 1.83 bits per heavy atom. The van der Waals surface area contributed by atoms with Gasteiger partial charge in [-0.3, -0.25) is 4.79 Å². The zero-order valence-corrected chi connectivity index (χ0v) is 20.8. The third-order valence-electron chi connectivity index (χ3n) is 3.87. The second-order valence-electron chi connectivity index (χ2n) is 6.98. The van der Waals surface area contributed by atoms with Crippen molar-refractivity contribution < 1.29 is 21.9 Å². The van der Waals surface area contributed by atoms with Crippen LogP contribution in [0.25, 0.3) is 0 Å². The van der Waals surface area contributed by atoms with E-state index in [-0.39, 0.29) is 44.2 Å². The van der Waals surface area contributed by atoms with Crippen molar-refractivity contribution in [1.29, 1.82) is 5.26 Å². The number of hydrogen-bond donors (Lipinski definition) is 2. The van der Waals surface area contributed by atoms with Crippen LogP contribution in [0.4, 0.5) is 5.69 Å². The number of hydrogen-bond acceptors (Lipinski definition) is 8. The van der Waals surface area contributed by atoms with Crippen LogP contribution in [0, 0.1) is 11.3 Å². The largest absolute Gasteiger partial charge is 0.399 e. The molecule has 0 saturated carbocycles. The highest BCUT2D eigenvalue weighted by atomic mass is 127. The Morgan fingerprint density at radius 3 is 2.37 bits per heavy atom. The molecule has 2 unspecified atom stereocenters. The number of amides is 1. The Hall–Kier alpha value is -1.06. The number of nitrogens with zero attached hydrogens (tertiary/aromatic N) is 2. The molecule has 9 nitrogen and oxygen atoms in total. The molecule has 0 saturated heterocycles. The molecule has 0 aliphatic rings. The van der Waals surface area contributed by atoms with Crippen molar-refractivity contribution in [1.82, 2.24) is 9.99 Å². The predicted octanol–water partition coefficient (Wildman–Crippen LogP) is 3.96. The van der Waals surface area contributed by atoms with Gasteiger partial charge in [0, 0.05) is 23.3 Å². The fraction of sp³-hybridized carbons (Fsp3) is 0.579. The van der Waals surface area contributed by atoms with E-state index in [1.807, 2.05) is 0 Å². The SMILES string of the molecule is CC(C)N(C(C)C)P(OCCC#N)OCC(COOI)NC(=O)c1ccc(N)cc1. The number of halogens is 1. The summed E-state index contributed by atoms with van der Waals surface area (Å²) in [6, 6.07) is 8.57. The van der Waals surface area contributed by atoms with Crippen molar-refractivity contribution in [2.75, 3.05) is 25.6 Å². The lowest BCUT2D eigenvalue weighted by Gasteiger charge is -2.36. The minimum Gasteiger partial charge on any atom is -0.399 e. The van der Waals surface area contributed by atoms with E-state index in [4.69, 9.17) is 24.9 Å². The van der Waals surface area contributed by atoms with Crippen LogP contribution in [0.1, 0.15) is 44.5 Å². The molecule has 0 heterocycles. The fourth-order valence-corrected chi connectivity index (χ4v) is 4.41. The molecule has 1 rings (SSSR count). The monoisotopic (exact) mass is 552 g/mol. The maximum atomic E-state index is 12.6. The zero-order chi connectivity index (χ0) is 22.5. The summed E-state index contributed by atoms with van der Waals surface area (Å²) in [5, 5.41) is 11.7. The molecule has 0 aromatic heterocycles. The average Bonchev–Trinajstić information content (AvgIpc) is 2.69. The van der Waals surface area contributed by atoms with Crippen LogP contribution in [0.3, 0.4) is 0 Å². The van der Waals surface area contributed by atoms with E-state index in [0.29, 0.717) is 11.3 Å². The molecule has 11 heteroatoms. The summed E-state index contributed by atoms with van der Waals surface area (Å²) in [5.74, 6) is -0.278. The van der Waals surface area contributed by atoms with Gasteiger partial charge in [0.15, 0.2) is 23.0 Å². The maximum Gasteiger partial charge on any atom is 0.259 e. The number of nitrogens with one attached hydrogen (secondary N) is 1. The molecule has 0 aliphatic heterocycles. The molecule has 0 aliphatic carbocycles. The van der Waals surface area contributed by atoms with Gasteiger partial charge in [-0.2, -0.15) is 8.48 Å². The summed E-state index contributed by atoms with van der Waals surface area (Å²) in [6.45, 7) is 8.73. The minimum absolute atomic E-state index is 0.0916. The summed E-state index contributed by atoms with van der Waals surface area (Å²) in [4.78, 5) is 17.6. The minimum atomic E-state index is -1.43. The maximum absolute atomic E-state index is 12.6. The Bertz CT molecular complexity index is 664. The smallest absolute Gasteiger partial charge is 0.259 e. The van der Waals surface area contributed by atoms with E-state index in [1.165, 1.54) is 0 Å². The quantitative estimate of drug-likeness (QED) is 0.0890. The number of rotatable bonds is 14. The molecular weight excluding hydrogens is 522 g/mol. The molecule has 168 valence electrons. The normalized spacial score (nSPS) is 13.4. The Kier molecular flexibility index (Phi) is 13.4. The van der Waals surface area contributed by atoms with Crippen LogP contribution >= 0.6 is 31.5 Å². The summed E-state index contributed by atoms with van der Waals surface area (Å²) < 4.78 is 18.7. The number of anilines is 1. The molecule has 0 fully saturated rings. The first-order chi connectivity index (χ1) is 14.3. The van der Waals surface area contributed by atoms with Gasteiger partial charge >= 0.3 is 0 Å². The Labute approximate surface area is 193 Å². The molecule has 0 spiro atoms. The standard InChI is InChI=1S/C19H30IN4O5P/c1-14(2)24(15(3)4)30(27-11-5-10-21)28-13-18(12-26-29-20)23-19(25)16-6-8-17(22)9-7-16/h6-9,14-15,18H,5,11-13,22H2,1-4H3,(H,23,25). The number of benzene rings is 1. The van der Waals surface area contributed by atoms with Gasteiger partial charge in [-0.25, -0.2) is 9.56 Å². The van der Waals surface area contributed by atoms with Crippen molar-refractivity contribution in [3.8, 4) is 6.07 Å². The Morgan fingerprint density at radius 1 is 1.20 bits per heavy atom. The lowest BCUT2D eigenvalue weighted by atomic mass is 10.2. The number of carbonyl (C=O) groups is 1. The molecule has 0 bridgehead atoms. The fourth-order valence-electron chi connectivity index (χ4n) is 2.61. The van der Waals surface area contributed by atoms with Crippen molar-refractivity contribution in [3.63, 3.8) is 0 Å². The predicted molar refractivity (Wildman–Crippen MR) is 124 cm³/mol. The van der Waals surface area contributed by atoms with Crippen LogP contribution in [0.5, 0.6) is 0 Å². The number of nitrogens with two attached hydrogens (primary N) is 1. The van der Waals surface area contributed by atoms with Crippen LogP contribution in [-0.2, 0) is 17.2 Å². The van der Waals surface area contributed by atoms with E-state index in [2.05, 4.69) is 47.0 Å². The molecule has 0 radical (unpaired) electrons. The summed E-state index contributed by atoms with van der Waals surface area (Å²) in [6.07, 6.45) is 0.273. The zero-order valence-electron chi connectivity index (χ0n) is 17.7. The second-order valence-corrected chi connectivity index (χ2v) is 8.80. The molecule has 1 aromatic rings. The first kappa shape index (κ1) is 27.0. The van der Waals surface area contributed by atoms with Crippen molar-refractivity contribution in [3.05, 3.63) is 29.8 Å². The molecule has 1 amide bonds. The highest BCUT2D eigenvalue weighted by molar-refractivity contribution is 14.1. The number of carbonyl (C=O) groups excluding carboxylic acids is 1. The van der Waals surface area contributed by atoms with E-state index >= 15 is 0 Å². The van der Waals surface area contributed by atoms with E-state index < -0.39 is 14.6 Å². The highest BCUT2D eigenvalue weighted by Gasteiger charge is 2.28. The van der Waals surface area contributed by atoms with Crippen LogP contribution in [0.15, 0.2) is 24.3 Å². The Balaban J connectivity index is 2.84. The van der Waals surface area contributed by atoms with Crippen molar-refractivity contribution >= 4 is 43.1 Å². The van der Waals surface area contributed by atoms with Gasteiger partial charge in [0.05, 0.1) is 31.7 Å². The first-order valence-corrected chi connectivity index (χ1v) is 11.6. The number of nitriles is 1. The number of nitrogen functional groups attached to an aromatic ring is 1. The molecule has 30 heavy (non-hydrogen) atoms. The van der Waals surface area contributed by atoms with E-state index in [1.54, 1.807) is 47.3 Å². The van der Waals surface area contributed by atoms with Gasteiger partial charge < -0.3 is 20.1 Å². The van der Waals surface area contributed by atoms with Crippen LogP contribution in [0.2, 0.25) is 0 Å². The highest BCUT2D eigenvalue weighted by Crippen LogP contribution is 2.46. The summed E-state index contributed by atoms with van der Waals surface area (Å²) >= 11 is 1.61. The lowest BCUT2D eigenvalue weighted by molar-refractivity contribution is -0.173.